The molecule has 23 heavy (non-hydrogen) atoms. The summed E-state index contributed by atoms with van der Waals surface area (Å²) in [5.41, 5.74) is 8.68. The van der Waals surface area contributed by atoms with Crippen LogP contribution in [0.4, 0.5) is 5.82 Å². The minimum atomic E-state index is 0.0366. The van der Waals surface area contributed by atoms with Crippen molar-refractivity contribution in [3.63, 3.8) is 0 Å². The molecule has 4 heterocycles. The SMILES string of the molecule is Cn1cc(-c2c[nH]c3ncnc(N4CCOC(CN)C4)c23)cn1. The molecule has 0 aliphatic carbocycles. The third kappa shape index (κ3) is 2.45. The molecular formula is C15H19N7O. The van der Waals surface area contributed by atoms with Gasteiger partial charge in [0.05, 0.1) is 24.3 Å². The Hall–Kier alpha value is -2.45. The van der Waals surface area contributed by atoms with Gasteiger partial charge in [-0.05, 0) is 0 Å². The highest BCUT2D eigenvalue weighted by Crippen LogP contribution is 2.33. The topological polar surface area (TPSA) is 97.9 Å². The molecule has 1 aliphatic rings. The second-order valence-corrected chi connectivity index (χ2v) is 5.70. The van der Waals surface area contributed by atoms with Gasteiger partial charge in [-0.3, -0.25) is 4.68 Å². The zero-order chi connectivity index (χ0) is 15.8. The number of H-pyrrole nitrogens is 1. The molecule has 0 bridgehead atoms. The monoisotopic (exact) mass is 313 g/mol. The first-order chi connectivity index (χ1) is 11.3. The molecule has 1 aliphatic heterocycles. The molecule has 4 rings (SSSR count). The number of rotatable bonds is 3. The molecule has 3 aromatic rings. The quantitative estimate of drug-likeness (QED) is 0.731. The molecule has 3 N–H and O–H groups in total. The highest BCUT2D eigenvalue weighted by atomic mass is 16.5. The maximum absolute atomic E-state index is 5.76. The number of nitrogens with zero attached hydrogens (tertiary/aromatic N) is 5. The smallest absolute Gasteiger partial charge is 0.143 e. The number of aromatic nitrogens is 5. The van der Waals surface area contributed by atoms with Crippen LogP contribution in [0.5, 0.6) is 0 Å². The van der Waals surface area contributed by atoms with Crippen LogP contribution in [0.3, 0.4) is 0 Å². The number of hydrogen-bond acceptors (Lipinski definition) is 6. The average Bonchev–Trinajstić information content (AvgIpc) is 3.20. The van der Waals surface area contributed by atoms with E-state index in [1.807, 2.05) is 25.6 Å². The van der Waals surface area contributed by atoms with E-state index in [2.05, 4.69) is 25.0 Å². The minimum Gasteiger partial charge on any atom is -0.373 e. The zero-order valence-corrected chi connectivity index (χ0v) is 12.9. The van der Waals surface area contributed by atoms with E-state index >= 15 is 0 Å². The Morgan fingerprint density at radius 3 is 3.13 bits per heavy atom. The van der Waals surface area contributed by atoms with Crippen LogP contribution < -0.4 is 10.6 Å². The molecule has 120 valence electrons. The normalized spacial score (nSPS) is 18.7. The predicted octanol–water partition coefficient (Wildman–Crippen LogP) is 0.522. The van der Waals surface area contributed by atoms with Crippen LogP contribution in [0, 0.1) is 0 Å². The minimum absolute atomic E-state index is 0.0366. The van der Waals surface area contributed by atoms with Crippen LogP contribution in [-0.2, 0) is 11.8 Å². The summed E-state index contributed by atoms with van der Waals surface area (Å²) in [6.45, 7) is 2.69. The van der Waals surface area contributed by atoms with E-state index in [4.69, 9.17) is 10.5 Å². The Morgan fingerprint density at radius 1 is 1.43 bits per heavy atom. The van der Waals surface area contributed by atoms with Gasteiger partial charge in [0.1, 0.15) is 17.8 Å². The fourth-order valence-corrected chi connectivity index (χ4v) is 3.03. The fraction of sp³-hybridized carbons (Fsp3) is 0.400. The molecule has 1 fully saturated rings. The lowest BCUT2D eigenvalue weighted by atomic mass is 10.1. The maximum Gasteiger partial charge on any atom is 0.143 e. The van der Waals surface area contributed by atoms with E-state index in [0.717, 1.165) is 41.1 Å². The summed E-state index contributed by atoms with van der Waals surface area (Å²) in [4.78, 5) is 14.3. The summed E-state index contributed by atoms with van der Waals surface area (Å²) in [5.74, 6) is 0.914. The molecule has 3 aromatic heterocycles. The lowest BCUT2D eigenvalue weighted by Gasteiger charge is -2.33. The highest BCUT2D eigenvalue weighted by molar-refractivity contribution is 6.00. The number of ether oxygens (including phenoxy) is 1. The van der Waals surface area contributed by atoms with Gasteiger partial charge in [-0.15, -0.1) is 0 Å². The van der Waals surface area contributed by atoms with Crippen molar-refractivity contribution in [1.29, 1.82) is 0 Å². The number of hydrogen-bond donors (Lipinski definition) is 2. The summed E-state index contributed by atoms with van der Waals surface area (Å²) in [5, 5.41) is 5.27. The Morgan fingerprint density at radius 2 is 2.35 bits per heavy atom. The van der Waals surface area contributed by atoms with Crippen LogP contribution in [0.15, 0.2) is 24.9 Å². The zero-order valence-electron chi connectivity index (χ0n) is 12.9. The fourth-order valence-electron chi connectivity index (χ4n) is 3.03. The van der Waals surface area contributed by atoms with Gasteiger partial charge in [0.15, 0.2) is 0 Å². The first-order valence-electron chi connectivity index (χ1n) is 7.64. The number of nitrogens with two attached hydrogens (primary N) is 1. The number of morpholine rings is 1. The number of nitrogens with one attached hydrogen (secondary N) is 1. The van der Waals surface area contributed by atoms with Crippen molar-refractivity contribution in [2.75, 3.05) is 31.1 Å². The lowest BCUT2D eigenvalue weighted by molar-refractivity contribution is 0.0464. The Kier molecular flexibility index (Phi) is 3.47. The third-order valence-electron chi connectivity index (χ3n) is 4.17. The van der Waals surface area contributed by atoms with Crippen LogP contribution in [0.1, 0.15) is 0 Å². The van der Waals surface area contributed by atoms with E-state index in [1.54, 1.807) is 11.0 Å². The van der Waals surface area contributed by atoms with Gasteiger partial charge in [0.25, 0.3) is 0 Å². The van der Waals surface area contributed by atoms with Crippen LogP contribution in [-0.4, -0.2) is 57.1 Å². The molecule has 0 amide bonds. The molecule has 0 radical (unpaired) electrons. The van der Waals surface area contributed by atoms with Gasteiger partial charge < -0.3 is 20.4 Å². The van der Waals surface area contributed by atoms with E-state index in [9.17, 15) is 0 Å². The predicted molar refractivity (Wildman–Crippen MR) is 87.1 cm³/mol. The molecule has 1 unspecified atom stereocenters. The standard InChI is InChI=1S/C15H19N7O/c1-21-7-10(5-20-21)12-6-17-14-13(12)15(19-9-18-14)22-2-3-23-11(4-16)8-22/h5-7,9,11H,2-4,8,16H2,1H3,(H,17,18,19). The molecule has 0 aromatic carbocycles. The molecule has 0 saturated carbocycles. The van der Waals surface area contributed by atoms with Crippen molar-refractivity contribution in [2.45, 2.75) is 6.10 Å². The number of aromatic amines is 1. The molecular weight excluding hydrogens is 294 g/mol. The van der Waals surface area contributed by atoms with Crippen LogP contribution in [0.25, 0.3) is 22.2 Å². The van der Waals surface area contributed by atoms with Crippen molar-refractivity contribution in [3.05, 3.63) is 24.9 Å². The van der Waals surface area contributed by atoms with Gasteiger partial charge in [-0.1, -0.05) is 0 Å². The largest absolute Gasteiger partial charge is 0.373 e. The lowest BCUT2D eigenvalue weighted by Crippen LogP contribution is -2.46. The van der Waals surface area contributed by atoms with Crippen molar-refractivity contribution in [1.82, 2.24) is 24.7 Å². The van der Waals surface area contributed by atoms with Gasteiger partial charge in [0, 0.05) is 50.2 Å². The van der Waals surface area contributed by atoms with Gasteiger partial charge in [-0.2, -0.15) is 5.10 Å². The molecule has 0 spiro atoms. The summed E-state index contributed by atoms with van der Waals surface area (Å²) < 4.78 is 7.45. The number of fused-ring (bicyclic) bond motifs is 1. The highest BCUT2D eigenvalue weighted by Gasteiger charge is 2.24. The first kappa shape index (κ1) is 14.2. The van der Waals surface area contributed by atoms with Crippen molar-refractivity contribution < 1.29 is 4.74 Å². The van der Waals surface area contributed by atoms with E-state index in [0.29, 0.717) is 13.2 Å². The molecule has 8 heteroatoms. The number of aryl methyl sites for hydroxylation is 1. The van der Waals surface area contributed by atoms with E-state index in [1.165, 1.54) is 0 Å². The summed E-state index contributed by atoms with van der Waals surface area (Å²) in [7, 11) is 1.91. The molecule has 1 atom stereocenters. The average molecular weight is 313 g/mol. The maximum atomic E-state index is 5.76. The first-order valence-corrected chi connectivity index (χ1v) is 7.64. The van der Waals surface area contributed by atoms with Crippen LogP contribution >= 0.6 is 0 Å². The summed E-state index contributed by atoms with van der Waals surface area (Å²) in [6, 6.07) is 0. The van der Waals surface area contributed by atoms with E-state index in [-0.39, 0.29) is 6.10 Å². The van der Waals surface area contributed by atoms with Crippen LogP contribution in [0.2, 0.25) is 0 Å². The van der Waals surface area contributed by atoms with Gasteiger partial charge in [-0.25, -0.2) is 9.97 Å². The Bertz CT molecular complexity index is 824. The molecule has 1 saturated heterocycles. The van der Waals surface area contributed by atoms with Crippen molar-refractivity contribution in [2.24, 2.45) is 12.8 Å². The van der Waals surface area contributed by atoms with Gasteiger partial charge >= 0.3 is 0 Å². The number of anilines is 1. The van der Waals surface area contributed by atoms with Gasteiger partial charge in [0.2, 0.25) is 0 Å². The Labute approximate surface area is 133 Å². The summed E-state index contributed by atoms with van der Waals surface area (Å²) in [6.07, 6.45) is 7.42. The second-order valence-electron chi connectivity index (χ2n) is 5.70. The third-order valence-corrected chi connectivity index (χ3v) is 4.17. The summed E-state index contributed by atoms with van der Waals surface area (Å²) >= 11 is 0. The van der Waals surface area contributed by atoms with Crippen molar-refractivity contribution >= 4 is 16.9 Å². The second kappa shape index (κ2) is 5.64. The molecule has 8 nitrogen and oxygen atoms in total. The Balaban J connectivity index is 1.82. The van der Waals surface area contributed by atoms with E-state index < -0.39 is 0 Å². The van der Waals surface area contributed by atoms with Crippen molar-refractivity contribution in [3.8, 4) is 11.1 Å².